The maximum atomic E-state index is 12.9. The van der Waals surface area contributed by atoms with E-state index in [1.54, 1.807) is 5.57 Å². The fourth-order valence-corrected chi connectivity index (χ4v) is 12.0. The molecule has 2 nitrogen and oxygen atoms in total. The van der Waals surface area contributed by atoms with Crippen LogP contribution in [-0.4, -0.2) is 12.1 Å². The third kappa shape index (κ3) is 13.6. The molecule has 4 aliphatic carbocycles. The molecule has 9 atom stereocenters. The second kappa shape index (κ2) is 24.2. The summed E-state index contributed by atoms with van der Waals surface area (Å²) >= 11 is 0. The van der Waals surface area contributed by atoms with Gasteiger partial charge in [-0.3, -0.25) is 4.79 Å². The van der Waals surface area contributed by atoms with Crippen molar-refractivity contribution < 1.29 is 9.53 Å². The molecule has 0 spiro atoms. The SMILES string of the molecule is CCCCC/C=C\C/C=C\C/C=C\CCCCCCCCCCC(=O)OC1CCC2(C)C(=CCC3C2CCC2(C)C(C(C)/C=C/C(CC)C(C)C)CCC32)C1. The van der Waals surface area contributed by atoms with Crippen LogP contribution in [0.4, 0.5) is 0 Å². The summed E-state index contributed by atoms with van der Waals surface area (Å²) in [6, 6.07) is 0. The van der Waals surface area contributed by atoms with E-state index in [0.717, 1.165) is 68.1 Å². The van der Waals surface area contributed by atoms with Crippen LogP contribution in [0.3, 0.4) is 0 Å². The Morgan fingerprint density at radius 3 is 2.04 bits per heavy atom. The van der Waals surface area contributed by atoms with Crippen LogP contribution in [0.25, 0.3) is 0 Å². The summed E-state index contributed by atoms with van der Waals surface area (Å²) in [6.45, 7) is 17.2. The molecule has 0 radical (unpaired) electrons. The molecule has 0 saturated heterocycles. The average molecular weight is 757 g/mol. The molecule has 4 aliphatic rings. The van der Waals surface area contributed by atoms with Gasteiger partial charge in [-0.25, -0.2) is 0 Å². The summed E-state index contributed by atoms with van der Waals surface area (Å²) in [6.07, 6.45) is 52.3. The van der Waals surface area contributed by atoms with Crippen LogP contribution in [-0.2, 0) is 9.53 Å². The van der Waals surface area contributed by atoms with Crippen LogP contribution >= 0.6 is 0 Å². The molecule has 3 fully saturated rings. The lowest BCUT2D eigenvalue weighted by Gasteiger charge is -2.58. The molecule has 0 aromatic heterocycles. The van der Waals surface area contributed by atoms with Crippen LogP contribution in [0.2, 0.25) is 0 Å². The predicted octanol–water partition coefficient (Wildman–Crippen LogP) is 16.3. The van der Waals surface area contributed by atoms with Gasteiger partial charge in [0.15, 0.2) is 0 Å². The molecule has 0 aromatic carbocycles. The second-order valence-corrected chi connectivity index (χ2v) is 19.7. The average Bonchev–Trinajstić information content (AvgIpc) is 3.53. The number of unbranched alkanes of at least 4 members (excludes halogenated alkanes) is 11. The third-order valence-electron chi connectivity index (χ3n) is 15.6. The Morgan fingerprint density at radius 2 is 1.38 bits per heavy atom. The highest BCUT2D eigenvalue weighted by Crippen LogP contribution is 2.67. The van der Waals surface area contributed by atoms with Crippen LogP contribution in [0.1, 0.15) is 209 Å². The Hall–Kier alpha value is -1.83. The molecule has 312 valence electrons. The van der Waals surface area contributed by atoms with E-state index in [2.05, 4.69) is 103 Å². The van der Waals surface area contributed by atoms with Crippen molar-refractivity contribution in [2.24, 2.45) is 52.3 Å². The molecule has 3 saturated carbocycles. The van der Waals surface area contributed by atoms with Crippen LogP contribution in [0, 0.1) is 52.3 Å². The summed E-state index contributed by atoms with van der Waals surface area (Å²) in [5.74, 6) is 5.51. The summed E-state index contributed by atoms with van der Waals surface area (Å²) in [7, 11) is 0. The highest BCUT2D eigenvalue weighted by molar-refractivity contribution is 5.69. The minimum atomic E-state index is 0.0494. The van der Waals surface area contributed by atoms with Gasteiger partial charge < -0.3 is 4.74 Å². The maximum absolute atomic E-state index is 12.9. The Morgan fingerprint density at radius 1 is 0.745 bits per heavy atom. The van der Waals surface area contributed by atoms with Gasteiger partial charge >= 0.3 is 5.97 Å². The highest BCUT2D eigenvalue weighted by atomic mass is 16.5. The Bertz CT molecular complexity index is 1250. The fraction of sp³-hybridized carbons (Fsp3) is 0.792. The van der Waals surface area contributed by atoms with E-state index in [-0.39, 0.29) is 12.1 Å². The van der Waals surface area contributed by atoms with E-state index in [9.17, 15) is 4.79 Å². The first kappa shape index (κ1) is 45.9. The number of esters is 1. The van der Waals surface area contributed by atoms with Gasteiger partial charge in [0.25, 0.3) is 0 Å². The number of carbonyl (C=O) groups is 1. The first-order chi connectivity index (χ1) is 26.6. The quantitative estimate of drug-likeness (QED) is 0.0527. The zero-order valence-corrected chi connectivity index (χ0v) is 37.3. The van der Waals surface area contributed by atoms with Gasteiger partial charge in [0.1, 0.15) is 6.10 Å². The van der Waals surface area contributed by atoms with Crippen molar-refractivity contribution in [1.82, 2.24) is 0 Å². The first-order valence-electron chi connectivity index (χ1n) is 24.2. The zero-order valence-electron chi connectivity index (χ0n) is 37.3. The molecular formula is C53H88O2. The van der Waals surface area contributed by atoms with Gasteiger partial charge in [-0.15, -0.1) is 0 Å². The topological polar surface area (TPSA) is 26.3 Å². The maximum Gasteiger partial charge on any atom is 0.306 e. The molecule has 2 heteroatoms. The van der Waals surface area contributed by atoms with Crippen molar-refractivity contribution in [1.29, 1.82) is 0 Å². The van der Waals surface area contributed by atoms with Crippen molar-refractivity contribution in [3.8, 4) is 0 Å². The number of ether oxygens (including phenoxy) is 1. The largest absolute Gasteiger partial charge is 0.462 e. The number of hydrogen-bond acceptors (Lipinski definition) is 2. The van der Waals surface area contributed by atoms with Crippen LogP contribution < -0.4 is 0 Å². The van der Waals surface area contributed by atoms with Gasteiger partial charge in [-0.2, -0.15) is 0 Å². The molecule has 0 bridgehead atoms. The summed E-state index contributed by atoms with van der Waals surface area (Å²) in [4.78, 5) is 12.9. The predicted molar refractivity (Wildman–Crippen MR) is 239 cm³/mol. The highest BCUT2D eigenvalue weighted by Gasteiger charge is 2.59. The van der Waals surface area contributed by atoms with Crippen molar-refractivity contribution in [3.05, 3.63) is 60.3 Å². The molecular weight excluding hydrogens is 669 g/mol. The number of carbonyl (C=O) groups excluding carboxylic acids is 1. The van der Waals surface area contributed by atoms with E-state index < -0.39 is 0 Å². The lowest BCUT2D eigenvalue weighted by molar-refractivity contribution is -0.151. The van der Waals surface area contributed by atoms with Gasteiger partial charge in [0.2, 0.25) is 0 Å². The molecule has 4 rings (SSSR count). The number of rotatable bonds is 25. The third-order valence-corrected chi connectivity index (χ3v) is 15.6. The Kier molecular flexibility index (Phi) is 20.2. The van der Waals surface area contributed by atoms with E-state index in [4.69, 9.17) is 4.74 Å². The lowest BCUT2D eigenvalue weighted by Crippen LogP contribution is -2.51. The van der Waals surface area contributed by atoms with Crippen molar-refractivity contribution >= 4 is 5.97 Å². The molecule has 55 heavy (non-hydrogen) atoms. The molecule has 0 heterocycles. The van der Waals surface area contributed by atoms with Gasteiger partial charge in [0, 0.05) is 12.8 Å². The van der Waals surface area contributed by atoms with E-state index >= 15 is 0 Å². The zero-order chi connectivity index (χ0) is 39.5. The van der Waals surface area contributed by atoms with E-state index in [1.807, 2.05) is 0 Å². The fourth-order valence-electron chi connectivity index (χ4n) is 12.0. The number of hydrogen-bond donors (Lipinski definition) is 0. The van der Waals surface area contributed by atoms with Crippen molar-refractivity contribution in [2.75, 3.05) is 0 Å². The van der Waals surface area contributed by atoms with E-state index in [0.29, 0.717) is 29.1 Å². The minimum Gasteiger partial charge on any atom is -0.462 e. The normalized spacial score (nSPS) is 30.6. The summed E-state index contributed by atoms with van der Waals surface area (Å²) < 4.78 is 6.16. The molecule has 0 aliphatic heterocycles. The summed E-state index contributed by atoms with van der Waals surface area (Å²) in [5, 5.41) is 0. The molecule has 9 unspecified atom stereocenters. The number of allylic oxidation sites excluding steroid dienone is 9. The van der Waals surface area contributed by atoms with Crippen LogP contribution in [0.15, 0.2) is 60.3 Å². The Balaban J connectivity index is 1.06. The molecule has 0 N–H and O–H groups in total. The summed E-state index contributed by atoms with van der Waals surface area (Å²) in [5.41, 5.74) is 2.42. The second-order valence-electron chi connectivity index (χ2n) is 19.7. The smallest absolute Gasteiger partial charge is 0.306 e. The van der Waals surface area contributed by atoms with Gasteiger partial charge in [-0.05, 0) is 149 Å². The van der Waals surface area contributed by atoms with Crippen molar-refractivity contribution in [3.63, 3.8) is 0 Å². The molecule has 0 amide bonds. The lowest BCUT2D eigenvalue weighted by atomic mass is 9.47. The Labute approximate surface area is 342 Å². The monoisotopic (exact) mass is 757 g/mol. The standard InChI is InChI=1S/C53H88O2/c1-8-10-11-12-13-14-15-16-17-18-19-20-21-22-23-24-25-26-27-28-29-30-51(54)55-46-37-39-52(6)45(41-46)33-34-47-49-36-35-48(53(49,7)40-38-50(47)52)43(5)31-32-44(9-2)42(3)4/h13-14,16-17,19-20,31-33,42-44,46-50H,8-12,15,18,21-30,34-41H2,1-7H3/b14-13-,17-16-,20-19-,32-31+. The van der Waals surface area contributed by atoms with Gasteiger partial charge in [-0.1, -0.05) is 160 Å². The first-order valence-corrected chi connectivity index (χ1v) is 24.2. The van der Waals surface area contributed by atoms with E-state index in [1.165, 1.54) is 116 Å². The minimum absolute atomic E-state index is 0.0494. The molecule has 0 aromatic rings. The van der Waals surface area contributed by atoms with Gasteiger partial charge in [0.05, 0.1) is 0 Å². The van der Waals surface area contributed by atoms with Crippen LogP contribution in [0.5, 0.6) is 0 Å². The number of fused-ring (bicyclic) bond motifs is 5. The van der Waals surface area contributed by atoms with Crippen molar-refractivity contribution in [2.45, 2.75) is 215 Å².